The highest BCUT2D eigenvalue weighted by atomic mass is 16.6. The van der Waals surface area contributed by atoms with Crippen molar-refractivity contribution in [2.75, 3.05) is 64.3 Å². The molecule has 2 heterocycles. The maximum atomic E-state index is 13.7. The molecule has 0 spiro atoms. The van der Waals surface area contributed by atoms with Gasteiger partial charge in [-0.1, -0.05) is 61.5 Å². The highest BCUT2D eigenvalue weighted by molar-refractivity contribution is 6.01. The van der Waals surface area contributed by atoms with Gasteiger partial charge in [0.15, 0.2) is 0 Å². The molecule has 2 amide bonds. The molecule has 0 aliphatic carbocycles. The second-order valence-electron chi connectivity index (χ2n) is 12.1. The minimum atomic E-state index is -0.207. The topological polar surface area (TPSA) is 134 Å². The van der Waals surface area contributed by atoms with E-state index in [9.17, 15) is 14.4 Å². The largest absolute Gasteiger partial charge is 0.379 e. The molecule has 0 unspecified atom stereocenters. The summed E-state index contributed by atoms with van der Waals surface area (Å²) in [5, 5.41) is 11.9. The number of aromatic nitrogens is 3. The number of amides is 2. The number of Topliss-reactive ketones (excluding diaryl/α,β-unsaturated/α-hetero) is 1. The molecule has 0 saturated carbocycles. The fourth-order valence-corrected chi connectivity index (χ4v) is 5.29. The molecular formula is C36H49N5O7. The summed E-state index contributed by atoms with van der Waals surface area (Å²) in [7, 11) is 0. The smallest absolute Gasteiger partial charge is 0.227 e. The summed E-state index contributed by atoms with van der Waals surface area (Å²) >= 11 is 0. The molecule has 0 fully saturated rings. The van der Waals surface area contributed by atoms with Crippen LogP contribution in [-0.4, -0.2) is 92.0 Å². The van der Waals surface area contributed by atoms with Crippen LogP contribution in [0.5, 0.6) is 0 Å². The molecule has 0 bridgehead atoms. The lowest BCUT2D eigenvalue weighted by molar-refractivity contribution is -0.125. The molecule has 260 valence electrons. The fourth-order valence-electron chi connectivity index (χ4n) is 5.29. The lowest BCUT2D eigenvalue weighted by Crippen LogP contribution is -2.34. The highest BCUT2D eigenvalue weighted by Gasteiger charge is 2.29. The van der Waals surface area contributed by atoms with Crippen molar-refractivity contribution in [3.63, 3.8) is 0 Å². The lowest BCUT2D eigenvalue weighted by Gasteiger charge is -2.29. The Kier molecular flexibility index (Phi) is 14.7. The van der Waals surface area contributed by atoms with Gasteiger partial charge in [-0.3, -0.25) is 14.4 Å². The van der Waals surface area contributed by atoms with Gasteiger partial charge in [0.1, 0.15) is 11.5 Å². The van der Waals surface area contributed by atoms with Crippen molar-refractivity contribution < 1.29 is 33.3 Å². The molecule has 2 aromatic carbocycles. The van der Waals surface area contributed by atoms with Crippen LogP contribution in [0.15, 0.2) is 48.5 Å². The SMILES string of the molecule is CC(C)C(=O)CCOCCOCCOCCOCCNC(=O)CCC(=O)N1Cc2ccccc2-c2nnn(C(C)C)c2-c2ccccc21. The first-order valence-electron chi connectivity index (χ1n) is 16.8. The Hall–Kier alpha value is -3.97. The Morgan fingerprint density at radius 2 is 1.35 bits per heavy atom. The van der Waals surface area contributed by atoms with Gasteiger partial charge in [-0.2, -0.15) is 0 Å². The van der Waals surface area contributed by atoms with Gasteiger partial charge in [0, 0.05) is 48.9 Å². The van der Waals surface area contributed by atoms with Crippen molar-refractivity contribution in [2.24, 2.45) is 5.92 Å². The van der Waals surface area contributed by atoms with E-state index in [0.717, 1.165) is 33.8 Å². The van der Waals surface area contributed by atoms with E-state index >= 15 is 0 Å². The number of hydrogen-bond acceptors (Lipinski definition) is 9. The van der Waals surface area contributed by atoms with E-state index in [1.165, 1.54) is 0 Å². The van der Waals surface area contributed by atoms with Gasteiger partial charge in [-0.15, -0.1) is 5.10 Å². The maximum absolute atomic E-state index is 13.7. The Balaban J connectivity index is 1.15. The summed E-state index contributed by atoms with van der Waals surface area (Å²) in [5.74, 6) is -0.104. The normalized spacial score (nSPS) is 12.3. The molecule has 12 heteroatoms. The number of anilines is 1. The fraction of sp³-hybridized carbons (Fsp3) is 0.528. The Morgan fingerprint density at radius 3 is 2.02 bits per heavy atom. The number of rotatable bonds is 20. The number of carbonyl (C=O) groups excluding carboxylic acids is 3. The van der Waals surface area contributed by atoms with E-state index < -0.39 is 0 Å². The van der Waals surface area contributed by atoms with Crippen LogP contribution in [0.2, 0.25) is 0 Å². The van der Waals surface area contributed by atoms with Crippen molar-refractivity contribution >= 4 is 23.3 Å². The number of ketones is 1. The average molecular weight is 664 g/mol. The minimum Gasteiger partial charge on any atom is -0.379 e. The first kappa shape index (κ1) is 36.9. The van der Waals surface area contributed by atoms with Gasteiger partial charge in [0.25, 0.3) is 0 Å². The number of fused-ring (bicyclic) bond motifs is 5. The number of hydrogen-bond donors (Lipinski definition) is 1. The highest BCUT2D eigenvalue weighted by Crippen LogP contribution is 2.42. The van der Waals surface area contributed by atoms with E-state index in [-0.39, 0.29) is 42.4 Å². The van der Waals surface area contributed by atoms with Gasteiger partial charge in [0.2, 0.25) is 11.8 Å². The quantitative estimate of drug-likeness (QED) is 0.172. The second-order valence-corrected chi connectivity index (χ2v) is 12.1. The number of carbonyl (C=O) groups is 3. The minimum absolute atomic E-state index is 0.0387. The zero-order valence-corrected chi connectivity index (χ0v) is 28.6. The zero-order valence-electron chi connectivity index (χ0n) is 28.6. The van der Waals surface area contributed by atoms with E-state index in [4.69, 9.17) is 18.9 Å². The van der Waals surface area contributed by atoms with Crippen molar-refractivity contribution in [2.45, 2.75) is 59.5 Å². The molecule has 1 aromatic heterocycles. The van der Waals surface area contributed by atoms with Crippen LogP contribution in [-0.2, 0) is 39.9 Å². The third-order valence-electron chi connectivity index (χ3n) is 7.92. The molecule has 3 aromatic rings. The summed E-state index contributed by atoms with van der Waals surface area (Å²) < 4.78 is 23.8. The van der Waals surface area contributed by atoms with E-state index in [1.54, 1.807) is 4.90 Å². The van der Waals surface area contributed by atoms with Gasteiger partial charge >= 0.3 is 0 Å². The average Bonchev–Trinajstić information content (AvgIpc) is 3.52. The molecule has 1 aliphatic heterocycles. The van der Waals surface area contributed by atoms with Crippen molar-refractivity contribution in [1.29, 1.82) is 0 Å². The lowest BCUT2D eigenvalue weighted by atomic mass is 9.95. The number of benzene rings is 2. The molecule has 4 rings (SSSR count). The molecule has 1 N–H and O–H groups in total. The van der Waals surface area contributed by atoms with Crippen LogP contribution in [0.25, 0.3) is 22.5 Å². The van der Waals surface area contributed by atoms with Crippen LogP contribution in [0.4, 0.5) is 5.69 Å². The number of para-hydroxylation sites is 1. The Morgan fingerprint density at radius 1 is 0.750 bits per heavy atom. The first-order valence-corrected chi connectivity index (χ1v) is 16.8. The predicted molar refractivity (Wildman–Crippen MR) is 182 cm³/mol. The van der Waals surface area contributed by atoms with Crippen LogP contribution in [0, 0.1) is 5.92 Å². The molecule has 0 atom stereocenters. The third-order valence-corrected chi connectivity index (χ3v) is 7.92. The van der Waals surface area contributed by atoms with Crippen molar-refractivity contribution in [3.8, 4) is 22.5 Å². The van der Waals surface area contributed by atoms with Gasteiger partial charge in [-0.25, -0.2) is 4.68 Å². The number of nitrogens with one attached hydrogen (secondary N) is 1. The van der Waals surface area contributed by atoms with Crippen LogP contribution in [0.3, 0.4) is 0 Å². The Bertz CT molecular complexity index is 1490. The number of ether oxygens (including phenoxy) is 4. The molecule has 48 heavy (non-hydrogen) atoms. The van der Waals surface area contributed by atoms with Gasteiger partial charge in [0.05, 0.1) is 70.8 Å². The van der Waals surface area contributed by atoms with Crippen molar-refractivity contribution in [1.82, 2.24) is 20.3 Å². The standard InChI is InChI=1S/C36H49N5O7/c1-26(2)32(42)15-17-45-19-21-47-23-24-48-22-20-46-18-16-37-33(43)13-14-34(44)40-25-28-9-5-6-10-29(28)35-36(41(27(3)4)39-38-35)30-11-7-8-12-31(30)40/h5-12,26-27H,13-25H2,1-4H3,(H,37,43). The first-order chi connectivity index (χ1) is 23.3. The van der Waals surface area contributed by atoms with Gasteiger partial charge in [-0.05, 0) is 25.5 Å². The van der Waals surface area contributed by atoms with Crippen LogP contribution in [0.1, 0.15) is 58.6 Å². The summed E-state index contributed by atoms with van der Waals surface area (Å²) in [6.07, 6.45) is 0.568. The predicted octanol–water partition coefficient (Wildman–Crippen LogP) is 4.62. The Labute approximate surface area is 283 Å². The van der Waals surface area contributed by atoms with E-state index in [0.29, 0.717) is 72.4 Å². The van der Waals surface area contributed by atoms with Crippen molar-refractivity contribution in [3.05, 3.63) is 54.1 Å². The zero-order chi connectivity index (χ0) is 34.3. The monoisotopic (exact) mass is 663 g/mol. The molecule has 0 saturated heterocycles. The maximum Gasteiger partial charge on any atom is 0.227 e. The molecule has 12 nitrogen and oxygen atoms in total. The van der Waals surface area contributed by atoms with Gasteiger partial charge < -0.3 is 29.2 Å². The summed E-state index contributed by atoms with van der Waals surface area (Å²) in [6, 6.07) is 15.8. The number of nitrogens with zero attached hydrogens (tertiary/aromatic N) is 4. The second kappa shape index (κ2) is 19.1. The van der Waals surface area contributed by atoms with Crippen LogP contribution < -0.4 is 10.2 Å². The van der Waals surface area contributed by atoms with Crippen LogP contribution >= 0.6 is 0 Å². The summed E-state index contributed by atoms with van der Waals surface area (Å²) in [4.78, 5) is 39.6. The summed E-state index contributed by atoms with van der Waals surface area (Å²) in [6.45, 7) is 11.9. The molecule has 1 aliphatic rings. The molecular weight excluding hydrogens is 614 g/mol. The molecule has 0 radical (unpaired) electrons. The summed E-state index contributed by atoms with van der Waals surface area (Å²) in [5.41, 5.74) is 5.22. The van der Waals surface area contributed by atoms with E-state index in [1.807, 2.05) is 67.1 Å². The third kappa shape index (κ3) is 10.5. The van der Waals surface area contributed by atoms with E-state index in [2.05, 4.69) is 29.5 Å².